The molecule has 0 amide bonds. The minimum atomic E-state index is -0.502. The maximum atomic E-state index is 13.0. The van der Waals surface area contributed by atoms with E-state index in [1.54, 1.807) is 35.7 Å². The predicted octanol–water partition coefficient (Wildman–Crippen LogP) is 4.83. The van der Waals surface area contributed by atoms with Crippen molar-refractivity contribution in [3.05, 3.63) is 81.1 Å². The van der Waals surface area contributed by atoms with Crippen LogP contribution in [0.5, 0.6) is 0 Å². The third kappa shape index (κ3) is 3.74. The summed E-state index contributed by atoms with van der Waals surface area (Å²) in [5.41, 5.74) is 1.78. The number of benzene rings is 2. The zero-order chi connectivity index (χ0) is 18.5. The molecule has 128 valence electrons. The van der Waals surface area contributed by atoms with Crippen molar-refractivity contribution >= 4 is 28.3 Å². The molecule has 26 heavy (non-hydrogen) atoms. The van der Waals surface area contributed by atoms with Gasteiger partial charge in [0.2, 0.25) is 0 Å². The van der Waals surface area contributed by atoms with Crippen LogP contribution >= 0.6 is 11.3 Å². The quantitative estimate of drug-likeness (QED) is 0.396. The van der Waals surface area contributed by atoms with E-state index in [2.05, 4.69) is 10.3 Å². The number of nitrogens with one attached hydrogen (secondary N) is 1. The number of halogens is 1. The van der Waals surface area contributed by atoms with Crippen LogP contribution in [0.25, 0.3) is 16.8 Å². The number of nitro groups is 1. The molecule has 0 saturated carbocycles. The summed E-state index contributed by atoms with van der Waals surface area (Å²) in [6.45, 7) is 0. The fraction of sp³-hybridized carbons (Fsp3) is 0. The molecule has 0 aliphatic rings. The van der Waals surface area contributed by atoms with Crippen LogP contribution in [0.1, 0.15) is 5.01 Å². The van der Waals surface area contributed by atoms with Gasteiger partial charge in [-0.05, 0) is 30.3 Å². The number of nitriles is 1. The van der Waals surface area contributed by atoms with Crippen molar-refractivity contribution in [2.45, 2.75) is 0 Å². The molecular formula is C18H11FN4O2S. The Morgan fingerprint density at radius 1 is 1.27 bits per heavy atom. The fourth-order valence-electron chi connectivity index (χ4n) is 2.20. The van der Waals surface area contributed by atoms with Crippen LogP contribution in [-0.4, -0.2) is 9.91 Å². The molecule has 0 aliphatic heterocycles. The third-order valence-corrected chi connectivity index (χ3v) is 4.34. The number of para-hydroxylation sites is 2. The van der Waals surface area contributed by atoms with Crippen LogP contribution in [0.3, 0.4) is 0 Å². The molecule has 3 rings (SSSR count). The zero-order valence-electron chi connectivity index (χ0n) is 13.2. The number of rotatable bonds is 5. The van der Waals surface area contributed by atoms with Crippen molar-refractivity contribution in [3.8, 4) is 17.3 Å². The molecular weight excluding hydrogens is 355 g/mol. The Morgan fingerprint density at radius 3 is 2.69 bits per heavy atom. The van der Waals surface area contributed by atoms with Gasteiger partial charge >= 0.3 is 0 Å². The fourth-order valence-corrected chi connectivity index (χ4v) is 2.99. The number of thiazole rings is 1. The Morgan fingerprint density at radius 2 is 2.00 bits per heavy atom. The number of hydrogen-bond acceptors (Lipinski definition) is 6. The normalized spacial score (nSPS) is 11.0. The third-order valence-electron chi connectivity index (χ3n) is 3.47. The number of allylic oxidation sites excluding steroid dienone is 1. The van der Waals surface area contributed by atoms with E-state index in [-0.39, 0.29) is 22.8 Å². The highest BCUT2D eigenvalue weighted by Crippen LogP contribution is 2.27. The standard InChI is InChI=1S/C18H11FN4O2S/c19-14-7-5-12(6-8-14)16-11-26-18(22-16)13(9-20)10-21-15-3-1-2-4-17(15)23(24)25/h1-8,10-11,21H/b13-10+. The smallest absolute Gasteiger partial charge is 0.292 e. The van der Waals surface area contributed by atoms with E-state index in [0.29, 0.717) is 10.7 Å². The molecule has 6 nitrogen and oxygen atoms in total. The number of anilines is 1. The van der Waals surface area contributed by atoms with Gasteiger partial charge in [-0.2, -0.15) is 5.26 Å². The first-order chi connectivity index (χ1) is 12.6. The Hall–Kier alpha value is -3.57. The topological polar surface area (TPSA) is 91.8 Å². The molecule has 1 aromatic heterocycles. The van der Waals surface area contributed by atoms with Crippen LogP contribution in [0.2, 0.25) is 0 Å². The summed E-state index contributed by atoms with van der Waals surface area (Å²) < 4.78 is 13.0. The van der Waals surface area contributed by atoms with Crippen LogP contribution in [0, 0.1) is 27.3 Å². The Bertz CT molecular complexity index is 1020. The number of hydrogen-bond donors (Lipinski definition) is 1. The van der Waals surface area contributed by atoms with E-state index >= 15 is 0 Å². The first-order valence-corrected chi connectivity index (χ1v) is 8.28. The second kappa shape index (κ2) is 7.55. The Kier molecular flexibility index (Phi) is 5.01. The molecule has 8 heteroatoms. The summed E-state index contributed by atoms with van der Waals surface area (Å²) in [4.78, 5) is 14.9. The lowest BCUT2D eigenvalue weighted by Crippen LogP contribution is -1.96. The van der Waals surface area contributed by atoms with E-state index in [4.69, 9.17) is 0 Å². The zero-order valence-corrected chi connectivity index (χ0v) is 14.0. The first kappa shape index (κ1) is 17.3. The Balaban J connectivity index is 1.86. The minimum Gasteiger partial charge on any atom is -0.355 e. The molecule has 0 saturated heterocycles. The molecule has 1 heterocycles. The van der Waals surface area contributed by atoms with Gasteiger partial charge in [0.05, 0.1) is 10.6 Å². The highest BCUT2D eigenvalue weighted by Gasteiger charge is 2.13. The van der Waals surface area contributed by atoms with Crippen molar-refractivity contribution in [1.82, 2.24) is 4.98 Å². The van der Waals surface area contributed by atoms with Crippen LogP contribution in [0.15, 0.2) is 60.1 Å². The summed E-state index contributed by atoms with van der Waals surface area (Å²) in [7, 11) is 0. The molecule has 0 atom stereocenters. The number of nitrogens with zero attached hydrogens (tertiary/aromatic N) is 3. The summed E-state index contributed by atoms with van der Waals surface area (Å²) >= 11 is 1.26. The van der Waals surface area contributed by atoms with Crippen molar-refractivity contribution < 1.29 is 9.31 Å². The molecule has 0 fully saturated rings. The van der Waals surface area contributed by atoms with Gasteiger partial charge in [0.25, 0.3) is 5.69 Å². The Labute approximate surface area is 152 Å². The lowest BCUT2D eigenvalue weighted by atomic mass is 10.2. The van der Waals surface area contributed by atoms with Gasteiger partial charge in [0.1, 0.15) is 28.2 Å². The van der Waals surface area contributed by atoms with Gasteiger partial charge in [0.15, 0.2) is 0 Å². The average Bonchev–Trinajstić information content (AvgIpc) is 3.13. The molecule has 1 N–H and O–H groups in total. The first-order valence-electron chi connectivity index (χ1n) is 7.40. The number of nitro benzene ring substituents is 1. The lowest BCUT2D eigenvalue weighted by Gasteiger charge is -2.02. The molecule has 0 spiro atoms. The lowest BCUT2D eigenvalue weighted by molar-refractivity contribution is -0.383. The summed E-state index contributed by atoms with van der Waals surface area (Å²) in [5, 5.41) is 25.4. The summed E-state index contributed by atoms with van der Waals surface area (Å²) in [6.07, 6.45) is 1.38. The van der Waals surface area contributed by atoms with Gasteiger partial charge in [-0.15, -0.1) is 11.3 Å². The minimum absolute atomic E-state index is 0.0906. The largest absolute Gasteiger partial charge is 0.355 e. The molecule has 0 aliphatic carbocycles. The van der Waals surface area contributed by atoms with E-state index in [9.17, 15) is 19.8 Å². The van der Waals surface area contributed by atoms with Gasteiger partial charge in [-0.25, -0.2) is 9.37 Å². The van der Waals surface area contributed by atoms with E-state index in [1.165, 1.54) is 35.7 Å². The second-order valence-electron chi connectivity index (χ2n) is 5.13. The monoisotopic (exact) mass is 366 g/mol. The van der Waals surface area contributed by atoms with Crippen LogP contribution in [0.4, 0.5) is 15.8 Å². The van der Waals surface area contributed by atoms with Crippen molar-refractivity contribution in [3.63, 3.8) is 0 Å². The predicted molar refractivity (Wildman–Crippen MR) is 97.8 cm³/mol. The van der Waals surface area contributed by atoms with E-state index in [0.717, 1.165) is 5.56 Å². The molecule has 2 aromatic carbocycles. The van der Waals surface area contributed by atoms with Crippen molar-refractivity contribution in [1.29, 1.82) is 5.26 Å². The van der Waals surface area contributed by atoms with Crippen LogP contribution < -0.4 is 5.32 Å². The molecule has 0 bridgehead atoms. The summed E-state index contributed by atoms with van der Waals surface area (Å²) in [5.74, 6) is -0.338. The van der Waals surface area contributed by atoms with Crippen LogP contribution in [-0.2, 0) is 0 Å². The SMILES string of the molecule is N#C/C(=C\Nc1ccccc1[N+](=O)[O-])c1nc(-c2ccc(F)cc2)cs1. The maximum absolute atomic E-state index is 13.0. The van der Waals surface area contributed by atoms with E-state index in [1.807, 2.05) is 6.07 Å². The van der Waals surface area contributed by atoms with Gasteiger partial charge in [0, 0.05) is 23.2 Å². The van der Waals surface area contributed by atoms with Gasteiger partial charge in [-0.1, -0.05) is 12.1 Å². The second-order valence-corrected chi connectivity index (χ2v) is 5.99. The van der Waals surface area contributed by atoms with Gasteiger partial charge < -0.3 is 5.32 Å². The van der Waals surface area contributed by atoms with E-state index < -0.39 is 4.92 Å². The highest BCUT2D eigenvalue weighted by atomic mass is 32.1. The molecule has 0 radical (unpaired) electrons. The molecule has 0 unspecified atom stereocenters. The maximum Gasteiger partial charge on any atom is 0.292 e. The molecule has 3 aromatic rings. The average molecular weight is 366 g/mol. The number of aromatic nitrogens is 1. The van der Waals surface area contributed by atoms with Crippen molar-refractivity contribution in [2.75, 3.05) is 5.32 Å². The van der Waals surface area contributed by atoms with Gasteiger partial charge in [-0.3, -0.25) is 10.1 Å². The van der Waals surface area contributed by atoms with Crippen molar-refractivity contribution in [2.24, 2.45) is 0 Å². The summed E-state index contributed by atoms with van der Waals surface area (Å²) in [6, 6.07) is 14.1. The highest BCUT2D eigenvalue weighted by molar-refractivity contribution is 7.11.